The van der Waals surface area contributed by atoms with Crippen molar-refractivity contribution in [2.24, 2.45) is 5.73 Å². The number of aromatic hydroxyl groups is 1. The molecule has 4 heteroatoms. The van der Waals surface area contributed by atoms with Crippen molar-refractivity contribution in [3.05, 3.63) is 58.1 Å². The molecule has 0 bridgehead atoms. The van der Waals surface area contributed by atoms with Crippen LogP contribution >= 0.6 is 15.9 Å². The summed E-state index contributed by atoms with van der Waals surface area (Å²) in [6.45, 7) is 2.62. The lowest BCUT2D eigenvalue weighted by atomic mass is 10.1. The van der Waals surface area contributed by atoms with Gasteiger partial charge in [0.2, 0.25) is 0 Å². The van der Waals surface area contributed by atoms with Crippen molar-refractivity contribution in [1.29, 1.82) is 0 Å². The van der Waals surface area contributed by atoms with Crippen molar-refractivity contribution in [3.8, 4) is 5.75 Å². The maximum Gasteiger partial charge on any atom is 0.122 e. The first kappa shape index (κ1) is 14.9. The molecule has 3 nitrogen and oxygen atoms in total. The highest BCUT2D eigenvalue weighted by Gasteiger charge is 2.10. The van der Waals surface area contributed by atoms with Gasteiger partial charge in [0.15, 0.2) is 0 Å². The van der Waals surface area contributed by atoms with E-state index in [1.165, 1.54) is 5.56 Å². The summed E-state index contributed by atoms with van der Waals surface area (Å²) in [4.78, 5) is 2.09. The number of nitrogens with two attached hydrogens (primary N) is 1. The van der Waals surface area contributed by atoms with Crippen molar-refractivity contribution in [2.45, 2.75) is 19.5 Å². The minimum Gasteiger partial charge on any atom is -0.508 e. The third kappa shape index (κ3) is 3.32. The molecule has 1 unspecified atom stereocenters. The van der Waals surface area contributed by atoms with Gasteiger partial charge in [-0.25, -0.2) is 0 Å². The highest BCUT2D eigenvalue weighted by atomic mass is 79.9. The highest BCUT2D eigenvalue weighted by Crippen LogP contribution is 2.29. The Morgan fingerprint density at radius 1 is 1.25 bits per heavy atom. The van der Waals surface area contributed by atoms with E-state index in [4.69, 9.17) is 5.73 Å². The van der Waals surface area contributed by atoms with Crippen molar-refractivity contribution < 1.29 is 5.11 Å². The molecule has 2 aromatic rings. The molecule has 0 aromatic heterocycles. The zero-order valence-electron chi connectivity index (χ0n) is 11.7. The van der Waals surface area contributed by atoms with E-state index >= 15 is 0 Å². The molecule has 0 aliphatic heterocycles. The van der Waals surface area contributed by atoms with Gasteiger partial charge in [-0.1, -0.05) is 40.2 Å². The summed E-state index contributed by atoms with van der Waals surface area (Å²) in [5, 5.41) is 10.0. The monoisotopic (exact) mass is 334 g/mol. The third-order valence-electron chi connectivity index (χ3n) is 3.31. The minimum atomic E-state index is -0.169. The summed E-state index contributed by atoms with van der Waals surface area (Å²) in [6.07, 6.45) is 0. The standard InChI is InChI=1S/C16H19BrN2O/c1-11(18)14-8-7-13(9-16(14)20)19(2)10-12-5-3-4-6-15(12)17/h3-9,11,20H,10,18H2,1-2H3. The summed E-state index contributed by atoms with van der Waals surface area (Å²) in [7, 11) is 2.00. The number of benzene rings is 2. The molecular weight excluding hydrogens is 316 g/mol. The van der Waals surface area contributed by atoms with Crippen LogP contribution < -0.4 is 10.6 Å². The van der Waals surface area contributed by atoms with Gasteiger partial charge < -0.3 is 15.7 Å². The fourth-order valence-corrected chi connectivity index (χ4v) is 2.54. The van der Waals surface area contributed by atoms with Gasteiger partial charge in [-0.05, 0) is 24.6 Å². The maximum absolute atomic E-state index is 10.0. The van der Waals surface area contributed by atoms with Crippen LogP contribution in [0.2, 0.25) is 0 Å². The summed E-state index contributed by atoms with van der Waals surface area (Å²) < 4.78 is 1.09. The fraction of sp³-hybridized carbons (Fsp3) is 0.250. The lowest BCUT2D eigenvalue weighted by Gasteiger charge is -2.21. The van der Waals surface area contributed by atoms with Gasteiger partial charge in [-0.2, -0.15) is 0 Å². The summed E-state index contributed by atoms with van der Waals surface area (Å²) in [5.41, 5.74) is 8.73. The largest absolute Gasteiger partial charge is 0.508 e. The molecule has 1 atom stereocenters. The van der Waals surface area contributed by atoms with Crippen molar-refractivity contribution >= 4 is 21.6 Å². The topological polar surface area (TPSA) is 49.5 Å². The molecule has 0 heterocycles. The zero-order valence-corrected chi connectivity index (χ0v) is 13.3. The smallest absolute Gasteiger partial charge is 0.122 e. The molecule has 0 amide bonds. The van der Waals surface area contributed by atoms with Crippen LogP contribution in [0.4, 0.5) is 5.69 Å². The molecular formula is C16H19BrN2O. The first-order valence-corrected chi connectivity index (χ1v) is 7.31. The van der Waals surface area contributed by atoms with E-state index in [0.717, 1.165) is 22.3 Å². The number of halogens is 1. The lowest BCUT2D eigenvalue weighted by molar-refractivity contribution is 0.464. The van der Waals surface area contributed by atoms with Gasteiger partial charge in [0.1, 0.15) is 5.75 Å². The van der Waals surface area contributed by atoms with Crippen LogP contribution in [0.15, 0.2) is 46.9 Å². The molecule has 3 N–H and O–H groups in total. The van der Waals surface area contributed by atoms with Gasteiger partial charge in [-0.3, -0.25) is 0 Å². The Balaban J connectivity index is 2.20. The SMILES string of the molecule is CC(N)c1ccc(N(C)Cc2ccccc2Br)cc1O. The van der Waals surface area contributed by atoms with Gasteiger partial charge >= 0.3 is 0 Å². The first-order valence-electron chi connectivity index (χ1n) is 6.52. The molecule has 0 spiro atoms. The molecule has 106 valence electrons. The molecule has 0 aliphatic carbocycles. The van der Waals surface area contributed by atoms with Crippen LogP contribution in [-0.2, 0) is 6.54 Å². The van der Waals surface area contributed by atoms with E-state index in [-0.39, 0.29) is 11.8 Å². The highest BCUT2D eigenvalue weighted by molar-refractivity contribution is 9.10. The number of rotatable bonds is 4. The fourth-order valence-electron chi connectivity index (χ4n) is 2.13. The Bertz CT molecular complexity index is 599. The second-order valence-corrected chi connectivity index (χ2v) is 5.83. The number of hydrogen-bond donors (Lipinski definition) is 2. The van der Waals surface area contributed by atoms with Crippen LogP contribution in [0.1, 0.15) is 24.1 Å². The second kappa shape index (κ2) is 6.29. The molecule has 0 fully saturated rings. The average molecular weight is 335 g/mol. The molecule has 0 radical (unpaired) electrons. The Hall–Kier alpha value is -1.52. The first-order chi connectivity index (χ1) is 9.49. The number of nitrogens with zero attached hydrogens (tertiary/aromatic N) is 1. The molecule has 20 heavy (non-hydrogen) atoms. The zero-order chi connectivity index (χ0) is 14.7. The normalized spacial score (nSPS) is 12.2. The lowest BCUT2D eigenvalue weighted by Crippen LogP contribution is -2.17. The van der Waals surface area contributed by atoms with Crippen molar-refractivity contribution in [1.82, 2.24) is 0 Å². The van der Waals surface area contributed by atoms with E-state index in [9.17, 15) is 5.11 Å². The van der Waals surface area contributed by atoms with Crippen molar-refractivity contribution in [2.75, 3.05) is 11.9 Å². The predicted molar refractivity (Wildman–Crippen MR) is 87.0 cm³/mol. The summed E-state index contributed by atoms with van der Waals surface area (Å²) in [5.74, 6) is 0.247. The van der Waals surface area contributed by atoms with Gasteiger partial charge in [0, 0.05) is 41.4 Å². The van der Waals surface area contributed by atoms with Crippen molar-refractivity contribution in [3.63, 3.8) is 0 Å². The molecule has 0 saturated heterocycles. The van der Waals surface area contributed by atoms with Gasteiger partial charge in [0.05, 0.1) is 0 Å². The van der Waals surface area contributed by atoms with E-state index in [1.54, 1.807) is 6.07 Å². The van der Waals surface area contributed by atoms with Crippen LogP contribution in [0.3, 0.4) is 0 Å². The van der Waals surface area contributed by atoms with E-state index in [1.807, 2.05) is 44.3 Å². The number of phenols is 1. The van der Waals surface area contributed by atoms with Crippen LogP contribution in [-0.4, -0.2) is 12.2 Å². The van der Waals surface area contributed by atoms with Gasteiger partial charge in [0.25, 0.3) is 0 Å². The Morgan fingerprint density at radius 3 is 2.55 bits per heavy atom. The predicted octanol–water partition coefficient (Wildman–Crippen LogP) is 3.81. The molecule has 2 aromatic carbocycles. The maximum atomic E-state index is 10.0. The van der Waals surface area contributed by atoms with E-state index in [2.05, 4.69) is 26.9 Å². The molecule has 2 rings (SSSR count). The third-order valence-corrected chi connectivity index (χ3v) is 4.08. The molecule has 0 aliphatic rings. The minimum absolute atomic E-state index is 0.169. The molecule has 0 saturated carbocycles. The Morgan fingerprint density at radius 2 is 1.95 bits per heavy atom. The summed E-state index contributed by atoms with van der Waals surface area (Å²) >= 11 is 3.55. The van der Waals surface area contributed by atoms with Crippen LogP contribution in [0.25, 0.3) is 0 Å². The van der Waals surface area contributed by atoms with Crippen LogP contribution in [0, 0.1) is 0 Å². The number of hydrogen-bond acceptors (Lipinski definition) is 3. The quantitative estimate of drug-likeness (QED) is 0.893. The second-order valence-electron chi connectivity index (χ2n) is 4.98. The number of phenolic OH excluding ortho intramolecular Hbond substituents is 1. The van der Waals surface area contributed by atoms with Gasteiger partial charge in [-0.15, -0.1) is 0 Å². The van der Waals surface area contributed by atoms with E-state index < -0.39 is 0 Å². The van der Waals surface area contributed by atoms with E-state index in [0.29, 0.717) is 0 Å². The summed E-state index contributed by atoms with van der Waals surface area (Å²) in [6, 6.07) is 13.6. The van der Waals surface area contributed by atoms with Crippen LogP contribution in [0.5, 0.6) is 5.75 Å². The average Bonchev–Trinajstić information content (AvgIpc) is 2.40. The Labute approximate surface area is 128 Å². The number of anilines is 1. The Kier molecular flexibility index (Phi) is 4.68.